The molecule has 5 heteroatoms. The highest BCUT2D eigenvalue weighted by molar-refractivity contribution is 5.98. The molecule has 1 fully saturated rings. The summed E-state index contributed by atoms with van der Waals surface area (Å²) >= 11 is 0. The van der Waals surface area contributed by atoms with Crippen molar-refractivity contribution in [1.82, 2.24) is 9.88 Å². The van der Waals surface area contributed by atoms with Gasteiger partial charge < -0.3 is 10.2 Å². The van der Waals surface area contributed by atoms with Crippen LogP contribution in [0.25, 0.3) is 0 Å². The molecule has 1 amide bonds. The molecule has 1 aromatic rings. The van der Waals surface area contributed by atoms with Crippen molar-refractivity contribution in [3.63, 3.8) is 0 Å². The molecule has 0 bridgehead atoms. The zero-order valence-corrected chi connectivity index (χ0v) is 10.9. The smallest absolute Gasteiger partial charge is 0.257 e. The number of nitrogens with zero attached hydrogens (tertiary/aromatic N) is 2. The van der Waals surface area contributed by atoms with Gasteiger partial charge in [-0.05, 0) is 17.9 Å². The number of halogens is 1. The lowest BCUT2D eigenvalue weighted by Crippen LogP contribution is -2.29. The van der Waals surface area contributed by atoms with Gasteiger partial charge in [0.25, 0.3) is 5.91 Å². The van der Waals surface area contributed by atoms with E-state index >= 15 is 0 Å². The van der Waals surface area contributed by atoms with Crippen LogP contribution in [0.15, 0.2) is 12.3 Å². The summed E-state index contributed by atoms with van der Waals surface area (Å²) in [5.41, 5.74) is 0.304. The van der Waals surface area contributed by atoms with Gasteiger partial charge in [0.05, 0.1) is 11.8 Å². The lowest BCUT2D eigenvalue weighted by molar-refractivity contribution is 0.0785. The molecule has 2 atom stereocenters. The minimum Gasteiger partial charge on any atom is -0.372 e. The fraction of sp³-hybridized carbons (Fsp3) is 0.538. The number of nitrogens with one attached hydrogen (secondary N) is 1. The van der Waals surface area contributed by atoms with Gasteiger partial charge in [-0.1, -0.05) is 13.8 Å². The van der Waals surface area contributed by atoms with Crippen molar-refractivity contribution in [2.45, 2.75) is 13.8 Å². The van der Waals surface area contributed by atoms with Gasteiger partial charge in [0, 0.05) is 20.1 Å². The van der Waals surface area contributed by atoms with Gasteiger partial charge in [-0.2, -0.15) is 0 Å². The van der Waals surface area contributed by atoms with Gasteiger partial charge >= 0.3 is 0 Å². The summed E-state index contributed by atoms with van der Waals surface area (Å²) in [6.07, 6.45) is 1.11. The predicted molar refractivity (Wildman–Crippen MR) is 68.0 cm³/mol. The maximum Gasteiger partial charge on any atom is 0.257 e. The van der Waals surface area contributed by atoms with Crippen LogP contribution < -0.4 is 5.32 Å². The van der Waals surface area contributed by atoms with E-state index in [4.69, 9.17) is 0 Å². The zero-order chi connectivity index (χ0) is 13.3. The third-order valence-corrected chi connectivity index (χ3v) is 3.60. The van der Waals surface area contributed by atoms with Crippen molar-refractivity contribution in [2.75, 3.05) is 25.5 Å². The van der Waals surface area contributed by atoms with Gasteiger partial charge in [0.15, 0.2) is 0 Å². The average Bonchev–Trinajstić information content (AvgIpc) is 2.68. The van der Waals surface area contributed by atoms with Crippen molar-refractivity contribution in [3.8, 4) is 0 Å². The van der Waals surface area contributed by atoms with Crippen molar-refractivity contribution in [3.05, 3.63) is 23.6 Å². The largest absolute Gasteiger partial charge is 0.372 e. The first-order chi connectivity index (χ1) is 8.52. The molecule has 2 rings (SSSR count). The van der Waals surface area contributed by atoms with E-state index < -0.39 is 5.82 Å². The Bertz CT molecular complexity index is 454. The number of rotatable bonds is 2. The number of carbonyl (C=O) groups is 1. The molecular weight excluding hydrogens is 233 g/mol. The quantitative estimate of drug-likeness (QED) is 0.874. The SMILES string of the molecule is CNc1ncc(F)cc1C(=O)N1CC(C)C(C)C1. The maximum absolute atomic E-state index is 13.2. The van der Waals surface area contributed by atoms with Crippen LogP contribution in [-0.2, 0) is 0 Å². The number of anilines is 1. The summed E-state index contributed by atoms with van der Waals surface area (Å²) in [5.74, 6) is 0.746. The second kappa shape index (κ2) is 4.92. The van der Waals surface area contributed by atoms with Crippen LogP contribution in [0.3, 0.4) is 0 Å². The Morgan fingerprint density at radius 2 is 2.06 bits per heavy atom. The summed E-state index contributed by atoms with van der Waals surface area (Å²) < 4.78 is 13.2. The van der Waals surface area contributed by atoms with E-state index in [1.54, 1.807) is 11.9 Å². The van der Waals surface area contributed by atoms with Crippen LogP contribution >= 0.6 is 0 Å². The summed E-state index contributed by atoms with van der Waals surface area (Å²) in [5, 5.41) is 2.82. The molecule has 1 aliphatic rings. The first kappa shape index (κ1) is 12.8. The molecule has 0 radical (unpaired) electrons. The van der Waals surface area contributed by atoms with E-state index in [0.29, 0.717) is 23.2 Å². The highest BCUT2D eigenvalue weighted by atomic mass is 19.1. The highest BCUT2D eigenvalue weighted by Crippen LogP contribution is 2.25. The lowest BCUT2D eigenvalue weighted by atomic mass is 10.0. The Morgan fingerprint density at radius 1 is 1.44 bits per heavy atom. The lowest BCUT2D eigenvalue weighted by Gasteiger charge is -2.17. The van der Waals surface area contributed by atoms with Crippen molar-refractivity contribution < 1.29 is 9.18 Å². The molecule has 18 heavy (non-hydrogen) atoms. The van der Waals surface area contributed by atoms with Gasteiger partial charge in [-0.15, -0.1) is 0 Å². The summed E-state index contributed by atoms with van der Waals surface area (Å²) in [7, 11) is 1.67. The first-order valence-corrected chi connectivity index (χ1v) is 6.15. The standard InChI is InChI=1S/C13H18FN3O/c1-8-6-17(7-9(8)2)13(18)11-4-10(14)5-16-12(11)15-3/h4-5,8-9H,6-7H2,1-3H3,(H,15,16). The first-order valence-electron chi connectivity index (χ1n) is 6.15. The number of pyridine rings is 1. The van der Waals surface area contributed by atoms with Crippen LogP contribution in [-0.4, -0.2) is 35.9 Å². The van der Waals surface area contributed by atoms with Gasteiger partial charge in [-0.3, -0.25) is 4.79 Å². The Kier molecular flexibility index (Phi) is 3.50. The Labute approximate surface area is 106 Å². The van der Waals surface area contributed by atoms with E-state index in [-0.39, 0.29) is 5.91 Å². The number of amides is 1. The molecule has 4 nitrogen and oxygen atoms in total. The van der Waals surface area contributed by atoms with Crippen molar-refractivity contribution in [2.24, 2.45) is 11.8 Å². The van der Waals surface area contributed by atoms with Gasteiger partial charge in [0.1, 0.15) is 11.6 Å². The zero-order valence-electron chi connectivity index (χ0n) is 10.9. The molecule has 1 N–H and O–H groups in total. The number of hydrogen-bond acceptors (Lipinski definition) is 3. The molecule has 0 aromatic carbocycles. The maximum atomic E-state index is 13.2. The van der Waals surface area contributed by atoms with Crippen LogP contribution in [0, 0.1) is 17.7 Å². The monoisotopic (exact) mass is 251 g/mol. The number of aromatic nitrogens is 1. The fourth-order valence-electron chi connectivity index (χ4n) is 2.27. The molecule has 1 aromatic heterocycles. The Morgan fingerprint density at radius 3 is 2.61 bits per heavy atom. The number of hydrogen-bond donors (Lipinski definition) is 1. The molecule has 1 saturated heterocycles. The van der Waals surface area contributed by atoms with Crippen LogP contribution in [0.1, 0.15) is 24.2 Å². The van der Waals surface area contributed by atoms with E-state index in [1.165, 1.54) is 6.07 Å². The second-order valence-corrected chi connectivity index (χ2v) is 4.96. The highest BCUT2D eigenvalue weighted by Gasteiger charge is 2.31. The van der Waals surface area contributed by atoms with E-state index in [2.05, 4.69) is 24.1 Å². The minimum absolute atomic E-state index is 0.150. The molecule has 2 heterocycles. The molecule has 0 spiro atoms. The van der Waals surface area contributed by atoms with E-state index in [9.17, 15) is 9.18 Å². The fourth-order valence-corrected chi connectivity index (χ4v) is 2.27. The Balaban J connectivity index is 2.26. The third kappa shape index (κ3) is 2.30. The molecule has 0 aliphatic carbocycles. The van der Waals surface area contributed by atoms with Crippen LogP contribution in [0.4, 0.5) is 10.2 Å². The molecular formula is C13H18FN3O. The van der Waals surface area contributed by atoms with Crippen LogP contribution in [0.5, 0.6) is 0 Å². The molecule has 0 saturated carbocycles. The van der Waals surface area contributed by atoms with Gasteiger partial charge in [-0.25, -0.2) is 9.37 Å². The van der Waals surface area contributed by atoms with E-state index in [0.717, 1.165) is 19.3 Å². The summed E-state index contributed by atoms with van der Waals surface area (Å²) in [4.78, 5) is 18.0. The van der Waals surface area contributed by atoms with Crippen molar-refractivity contribution in [1.29, 1.82) is 0 Å². The molecule has 1 aliphatic heterocycles. The van der Waals surface area contributed by atoms with Crippen LogP contribution in [0.2, 0.25) is 0 Å². The summed E-state index contributed by atoms with van der Waals surface area (Å²) in [6.45, 7) is 5.70. The Hall–Kier alpha value is -1.65. The number of likely N-dealkylation sites (tertiary alicyclic amines) is 1. The molecule has 98 valence electrons. The van der Waals surface area contributed by atoms with Gasteiger partial charge in [0.2, 0.25) is 0 Å². The normalized spacial score (nSPS) is 23.2. The third-order valence-electron chi connectivity index (χ3n) is 3.60. The predicted octanol–water partition coefficient (Wildman–Crippen LogP) is 1.99. The second-order valence-electron chi connectivity index (χ2n) is 4.96. The minimum atomic E-state index is -0.488. The number of carbonyl (C=O) groups excluding carboxylic acids is 1. The topological polar surface area (TPSA) is 45.2 Å². The average molecular weight is 251 g/mol. The summed E-state index contributed by atoms with van der Waals surface area (Å²) in [6, 6.07) is 1.24. The molecule has 2 unspecified atom stereocenters. The van der Waals surface area contributed by atoms with Crippen molar-refractivity contribution >= 4 is 11.7 Å². The van der Waals surface area contributed by atoms with E-state index in [1.807, 2.05) is 0 Å².